The van der Waals surface area contributed by atoms with Gasteiger partial charge in [0.25, 0.3) is 0 Å². The third kappa shape index (κ3) is 4.18. The van der Waals surface area contributed by atoms with Crippen molar-refractivity contribution in [3.05, 3.63) is 17.8 Å². The molecule has 0 aliphatic heterocycles. The quantitative estimate of drug-likeness (QED) is 0.855. The zero-order chi connectivity index (χ0) is 13.1. The molecule has 1 aromatic heterocycles. The van der Waals surface area contributed by atoms with E-state index in [1.54, 1.807) is 0 Å². The lowest BCUT2D eigenvalue weighted by atomic mass is 10.0. The molecular weight excluding hydrogens is 233 g/mol. The first-order valence-corrected chi connectivity index (χ1v) is 5.14. The fourth-order valence-corrected chi connectivity index (χ4v) is 1.32. The van der Waals surface area contributed by atoms with Crippen LogP contribution in [0.25, 0.3) is 0 Å². The Balaban J connectivity index is 2.75. The number of halogens is 3. The molecule has 1 rings (SSSR count). The third-order valence-corrected chi connectivity index (χ3v) is 2.19. The molecule has 0 aliphatic carbocycles. The Hall–Kier alpha value is -1.37. The molecule has 1 heterocycles. The topological polar surface area (TPSA) is 63.8 Å². The van der Waals surface area contributed by atoms with Crippen molar-refractivity contribution < 1.29 is 13.2 Å². The van der Waals surface area contributed by atoms with Crippen LogP contribution in [-0.4, -0.2) is 22.3 Å². The summed E-state index contributed by atoms with van der Waals surface area (Å²) in [7, 11) is 0. The molecule has 96 valence electrons. The molecule has 7 heteroatoms. The van der Waals surface area contributed by atoms with Gasteiger partial charge in [0.05, 0.1) is 0 Å². The normalized spacial score (nSPS) is 12.6. The number of anilines is 1. The number of rotatable bonds is 4. The van der Waals surface area contributed by atoms with Crippen molar-refractivity contribution in [2.45, 2.75) is 32.0 Å². The number of hydrogen-bond donors (Lipinski definition) is 2. The van der Waals surface area contributed by atoms with E-state index in [0.717, 1.165) is 6.07 Å². The summed E-state index contributed by atoms with van der Waals surface area (Å²) in [6, 6.07) is 2.15. The highest BCUT2D eigenvalue weighted by Crippen LogP contribution is 2.27. The maximum absolute atomic E-state index is 12.2. The Labute approximate surface area is 97.4 Å². The van der Waals surface area contributed by atoms with Gasteiger partial charge in [-0.25, -0.2) is 0 Å². The molecule has 0 saturated heterocycles. The van der Waals surface area contributed by atoms with Gasteiger partial charge >= 0.3 is 6.18 Å². The second-order valence-corrected chi connectivity index (χ2v) is 4.35. The van der Waals surface area contributed by atoms with Crippen LogP contribution in [0.2, 0.25) is 0 Å². The summed E-state index contributed by atoms with van der Waals surface area (Å²) >= 11 is 0. The molecule has 0 radical (unpaired) electrons. The molecule has 0 unspecified atom stereocenters. The van der Waals surface area contributed by atoms with Crippen molar-refractivity contribution in [2.75, 3.05) is 11.9 Å². The zero-order valence-electron chi connectivity index (χ0n) is 9.67. The van der Waals surface area contributed by atoms with E-state index in [1.165, 1.54) is 6.07 Å². The van der Waals surface area contributed by atoms with Crippen LogP contribution in [0.15, 0.2) is 12.1 Å². The van der Waals surface area contributed by atoms with Gasteiger partial charge in [-0.3, -0.25) is 0 Å². The monoisotopic (exact) mass is 248 g/mol. The van der Waals surface area contributed by atoms with E-state index in [2.05, 4.69) is 15.5 Å². The van der Waals surface area contributed by atoms with E-state index in [0.29, 0.717) is 18.8 Å². The molecule has 4 nitrogen and oxygen atoms in total. The number of nitrogens with two attached hydrogens (primary N) is 1. The van der Waals surface area contributed by atoms with Gasteiger partial charge < -0.3 is 11.1 Å². The van der Waals surface area contributed by atoms with E-state index in [-0.39, 0.29) is 5.54 Å². The summed E-state index contributed by atoms with van der Waals surface area (Å²) in [4.78, 5) is 0. The largest absolute Gasteiger partial charge is 0.435 e. The maximum Gasteiger partial charge on any atom is 0.435 e. The minimum atomic E-state index is -4.46. The number of nitrogens with one attached hydrogen (secondary N) is 1. The highest BCUT2D eigenvalue weighted by Gasteiger charge is 2.33. The van der Waals surface area contributed by atoms with Gasteiger partial charge in [0.1, 0.15) is 5.82 Å². The Morgan fingerprint density at radius 3 is 2.29 bits per heavy atom. The van der Waals surface area contributed by atoms with Crippen molar-refractivity contribution in [1.82, 2.24) is 10.2 Å². The minimum absolute atomic E-state index is 0.302. The molecule has 0 saturated carbocycles. The molecule has 0 aliphatic rings. The molecule has 0 aromatic carbocycles. The Bertz CT molecular complexity index is 359. The van der Waals surface area contributed by atoms with Gasteiger partial charge in [-0.1, -0.05) is 0 Å². The van der Waals surface area contributed by atoms with E-state index >= 15 is 0 Å². The molecule has 0 bridgehead atoms. The van der Waals surface area contributed by atoms with Crippen LogP contribution >= 0.6 is 0 Å². The number of alkyl halides is 3. The number of hydrogen-bond acceptors (Lipinski definition) is 4. The van der Waals surface area contributed by atoms with Gasteiger partial charge in [0.15, 0.2) is 5.69 Å². The molecule has 17 heavy (non-hydrogen) atoms. The second-order valence-electron chi connectivity index (χ2n) is 4.35. The average molecular weight is 248 g/mol. The van der Waals surface area contributed by atoms with Crippen molar-refractivity contribution >= 4 is 5.82 Å². The van der Waals surface area contributed by atoms with Crippen molar-refractivity contribution in [3.63, 3.8) is 0 Å². The predicted molar refractivity (Wildman–Crippen MR) is 58.4 cm³/mol. The van der Waals surface area contributed by atoms with Crippen LogP contribution in [0.4, 0.5) is 19.0 Å². The minimum Gasteiger partial charge on any atom is -0.364 e. The first kappa shape index (κ1) is 13.7. The van der Waals surface area contributed by atoms with Gasteiger partial charge in [-0.05, 0) is 38.9 Å². The predicted octanol–water partition coefficient (Wildman–Crippen LogP) is 2.03. The van der Waals surface area contributed by atoms with Gasteiger partial charge in [0.2, 0.25) is 0 Å². The van der Waals surface area contributed by atoms with E-state index in [4.69, 9.17) is 5.73 Å². The van der Waals surface area contributed by atoms with Crippen molar-refractivity contribution in [3.8, 4) is 0 Å². The molecule has 3 N–H and O–H groups in total. The van der Waals surface area contributed by atoms with Crippen molar-refractivity contribution in [1.29, 1.82) is 0 Å². The standard InChI is InChI=1S/C10H15F3N4/c1-9(2,5-6-14)15-8-4-3-7(16-17-8)10(11,12)13/h3-4H,5-6,14H2,1-2H3,(H,15,17). The summed E-state index contributed by atoms with van der Waals surface area (Å²) < 4.78 is 36.7. The highest BCUT2D eigenvalue weighted by molar-refractivity contribution is 5.36. The van der Waals surface area contributed by atoms with Gasteiger partial charge in [-0.2, -0.15) is 13.2 Å². The highest BCUT2D eigenvalue weighted by atomic mass is 19.4. The second kappa shape index (κ2) is 4.87. The van der Waals surface area contributed by atoms with Gasteiger partial charge in [-0.15, -0.1) is 10.2 Å². The van der Waals surface area contributed by atoms with E-state index < -0.39 is 11.9 Å². The lowest BCUT2D eigenvalue weighted by molar-refractivity contribution is -0.141. The summed E-state index contributed by atoms with van der Waals surface area (Å²) in [5.74, 6) is 0.302. The molecule has 0 amide bonds. The van der Waals surface area contributed by atoms with Gasteiger partial charge in [0, 0.05) is 5.54 Å². The van der Waals surface area contributed by atoms with E-state index in [9.17, 15) is 13.2 Å². The van der Waals surface area contributed by atoms with Crippen LogP contribution in [0.5, 0.6) is 0 Å². The zero-order valence-corrected chi connectivity index (χ0v) is 9.67. The smallest absolute Gasteiger partial charge is 0.364 e. The average Bonchev–Trinajstić information content (AvgIpc) is 2.16. The lowest BCUT2D eigenvalue weighted by Crippen LogP contribution is -2.34. The lowest BCUT2D eigenvalue weighted by Gasteiger charge is -2.25. The summed E-state index contributed by atoms with van der Waals surface area (Å²) in [6.07, 6.45) is -3.78. The third-order valence-electron chi connectivity index (χ3n) is 2.19. The molecule has 0 fully saturated rings. The van der Waals surface area contributed by atoms with E-state index in [1.807, 2.05) is 13.8 Å². The fourth-order valence-electron chi connectivity index (χ4n) is 1.32. The Kier molecular flexibility index (Phi) is 3.92. The van der Waals surface area contributed by atoms with Crippen molar-refractivity contribution in [2.24, 2.45) is 5.73 Å². The number of nitrogens with zero attached hydrogens (tertiary/aromatic N) is 2. The molecule has 0 spiro atoms. The SMILES string of the molecule is CC(C)(CCN)Nc1ccc(C(F)(F)F)nn1. The Morgan fingerprint density at radius 2 is 1.88 bits per heavy atom. The molecule has 0 atom stereocenters. The molecular formula is C10H15F3N4. The summed E-state index contributed by atoms with van der Waals surface area (Å²) in [5, 5.41) is 9.59. The summed E-state index contributed by atoms with van der Waals surface area (Å²) in [6.45, 7) is 4.26. The maximum atomic E-state index is 12.2. The summed E-state index contributed by atoms with van der Waals surface area (Å²) in [5.41, 5.74) is 4.09. The van der Waals surface area contributed by atoms with Crippen LogP contribution in [0.1, 0.15) is 26.0 Å². The van der Waals surface area contributed by atoms with Crippen LogP contribution in [-0.2, 0) is 6.18 Å². The van der Waals surface area contributed by atoms with Crippen LogP contribution in [0, 0.1) is 0 Å². The Morgan fingerprint density at radius 1 is 1.24 bits per heavy atom. The first-order valence-electron chi connectivity index (χ1n) is 5.14. The number of aromatic nitrogens is 2. The fraction of sp³-hybridized carbons (Fsp3) is 0.600. The van der Waals surface area contributed by atoms with Crippen LogP contribution in [0.3, 0.4) is 0 Å². The molecule has 1 aromatic rings. The van der Waals surface area contributed by atoms with Crippen LogP contribution < -0.4 is 11.1 Å². The first-order chi connectivity index (χ1) is 7.74.